The van der Waals surface area contributed by atoms with Crippen molar-refractivity contribution in [1.82, 2.24) is 0 Å². The van der Waals surface area contributed by atoms with Gasteiger partial charge in [0, 0.05) is 6.42 Å². The third-order valence-electron chi connectivity index (χ3n) is 6.26. The summed E-state index contributed by atoms with van der Waals surface area (Å²) < 4.78 is 0.950. The van der Waals surface area contributed by atoms with E-state index >= 15 is 0 Å². The first-order valence-electron chi connectivity index (χ1n) is 11.9. The molecule has 3 heteroatoms. The summed E-state index contributed by atoms with van der Waals surface area (Å²) in [5.41, 5.74) is 0. The molecular formula is C24H47N2O+. The molecule has 0 amide bonds. The maximum atomic E-state index is 9.37. The summed E-state index contributed by atoms with van der Waals surface area (Å²) in [6.07, 6.45) is 23.6. The van der Waals surface area contributed by atoms with Gasteiger partial charge in [-0.3, -0.25) is 4.48 Å². The van der Waals surface area contributed by atoms with Crippen LogP contribution in [0.25, 0.3) is 0 Å². The molecule has 0 bridgehead atoms. The Morgan fingerprint density at radius 2 is 1.44 bits per heavy atom. The lowest BCUT2D eigenvalue weighted by Crippen LogP contribution is -2.52. The van der Waals surface area contributed by atoms with Gasteiger partial charge in [0.05, 0.1) is 19.7 Å². The van der Waals surface area contributed by atoms with E-state index in [1.54, 1.807) is 0 Å². The lowest BCUT2D eigenvalue weighted by atomic mass is 10.0. The second-order valence-corrected chi connectivity index (χ2v) is 8.28. The molecule has 0 saturated carbocycles. The van der Waals surface area contributed by atoms with E-state index in [9.17, 15) is 5.11 Å². The highest BCUT2D eigenvalue weighted by Gasteiger charge is 2.35. The number of hydrogen-bond acceptors (Lipinski definition) is 2. The normalized spacial score (nSPS) is 19.9. The molecule has 1 unspecified atom stereocenters. The molecule has 1 aliphatic heterocycles. The van der Waals surface area contributed by atoms with Crippen molar-refractivity contribution in [2.45, 2.75) is 104 Å². The standard InChI is InChI=1S/C24H47N2O/c1-3-5-6-7-8-9-10-11-12-13-14-15-16-17-18-19-24-25-20-21-26(24,4-2)22-23-27/h3,5,27H,4,6-23H2,1-2H3/q+1/b5-3+. The molecule has 27 heavy (non-hydrogen) atoms. The number of aliphatic hydroxyl groups is 1. The summed E-state index contributed by atoms with van der Waals surface area (Å²) in [7, 11) is 0. The number of likely N-dealkylation sites (N-methyl/N-ethyl adjacent to an activating group) is 1. The molecular weight excluding hydrogens is 332 g/mol. The fourth-order valence-electron chi connectivity index (χ4n) is 4.38. The first-order chi connectivity index (χ1) is 13.3. The Morgan fingerprint density at radius 3 is 1.96 bits per heavy atom. The Morgan fingerprint density at radius 1 is 0.889 bits per heavy atom. The number of quaternary nitrogens is 1. The van der Waals surface area contributed by atoms with Crippen molar-refractivity contribution in [2.24, 2.45) is 4.99 Å². The lowest BCUT2D eigenvalue weighted by Gasteiger charge is -2.33. The van der Waals surface area contributed by atoms with Gasteiger partial charge < -0.3 is 5.11 Å². The van der Waals surface area contributed by atoms with E-state index < -0.39 is 0 Å². The van der Waals surface area contributed by atoms with Crippen molar-refractivity contribution in [3.63, 3.8) is 0 Å². The van der Waals surface area contributed by atoms with Gasteiger partial charge in [0.25, 0.3) is 0 Å². The molecule has 1 atom stereocenters. The zero-order valence-corrected chi connectivity index (χ0v) is 18.4. The van der Waals surface area contributed by atoms with Gasteiger partial charge in [0.2, 0.25) is 0 Å². The Kier molecular flexibility index (Phi) is 14.7. The Bertz CT molecular complexity index is 405. The largest absolute Gasteiger partial charge is 0.390 e. The molecule has 0 saturated heterocycles. The van der Waals surface area contributed by atoms with Crippen LogP contribution in [0.1, 0.15) is 104 Å². The van der Waals surface area contributed by atoms with E-state index in [0.29, 0.717) is 0 Å². The number of allylic oxidation sites excluding steroid dienone is 2. The van der Waals surface area contributed by atoms with Crippen LogP contribution in [-0.2, 0) is 0 Å². The van der Waals surface area contributed by atoms with Crippen molar-refractivity contribution in [2.75, 3.05) is 32.8 Å². The minimum absolute atomic E-state index is 0.281. The van der Waals surface area contributed by atoms with Gasteiger partial charge in [0.1, 0.15) is 13.1 Å². The Labute approximate surface area is 169 Å². The van der Waals surface area contributed by atoms with Gasteiger partial charge in [-0.2, -0.15) is 0 Å². The van der Waals surface area contributed by atoms with Crippen LogP contribution in [0.4, 0.5) is 0 Å². The van der Waals surface area contributed by atoms with Crippen molar-refractivity contribution in [3.05, 3.63) is 12.2 Å². The molecule has 0 spiro atoms. The highest BCUT2D eigenvalue weighted by molar-refractivity contribution is 5.76. The highest BCUT2D eigenvalue weighted by Crippen LogP contribution is 2.20. The van der Waals surface area contributed by atoms with Crippen molar-refractivity contribution >= 4 is 5.84 Å². The maximum Gasteiger partial charge on any atom is 0.198 e. The number of hydrogen-bond donors (Lipinski definition) is 1. The van der Waals surface area contributed by atoms with Gasteiger partial charge >= 0.3 is 0 Å². The van der Waals surface area contributed by atoms with Gasteiger partial charge in [-0.1, -0.05) is 76.4 Å². The van der Waals surface area contributed by atoms with Crippen LogP contribution < -0.4 is 0 Å². The molecule has 1 rings (SSSR count). The second kappa shape index (κ2) is 16.3. The Balaban J connectivity index is 1.89. The average molecular weight is 380 g/mol. The lowest BCUT2D eigenvalue weighted by molar-refractivity contribution is -0.835. The third-order valence-corrected chi connectivity index (χ3v) is 6.26. The predicted molar refractivity (Wildman–Crippen MR) is 119 cm³/mol. The summed E-state index contributed by atoms with van der Waals surface area (Å²) >= 11 is 0. The minimum Gasteiger partial charge on any atom is -0.390 e. The van der Waals surface area contributed by atoms with E-state index in [0.717, 1.165) is 37.1 Å². The monoisotopic (exact) mass is 379 g/mol. The van der Waals surface area contributed by atoms with E-state index in [2.05, 4.69) is 26.0 Å². The van der Waals surface area contributed by atoms with Crippen LogP contribution in [-0.4, -0.2) is 48.2 Å². The van der Waals surface area contributed by atoms with Crippen LogP contribution in [0.5, 0.6) is 0 Å². The zero-order valence-electron chi connectivity index (χ0n) is 18.4. The maximum absolute atomic E-state index is 9.37. The molecule has 0 radical (unpaired) electrons. The van der Waals surface area contributed by atoms with Crippen LogP contribution in [0.3, 0.4) is 0 Å². The fraction of sp³-hybridized carbons (Fsp3) is 0.875. The second-order valence-electron chi connectivity index (χ2n) is 8.28. The number of aliphatic imine (C=N–C) groups is 1. The van der Waals surface area contributed by atoms with Crippen LogP contribution >= 0.6 is 0 Å². The molecule has 0 aliphatic carbocycles. The number of amidine groups is 1. The van der Waals surface area contributed by atoms with Gasteiger partial charge in [-0.15, -0.1) is 0 Å². The predicted octanol–water partition coefficient (Wildman–Crippen LogP) is 6.27. The summed E-state index contributed by atoms with van der Waals surface area (Å²) in [6, 6.07) is 0. The minimum atomic E-state index is 0.281. The molecule has 0 fully saturated rings. The molecule has 0 aromatic carbocycles. The Hall–Kier alpha value is -0.670. The van der Waals surface area contributed by atoms with Crippen molar-refractivity contribution in [1.29, 1.82) is 0 Å². The van der Waals surface area contributed by atoms with Gasteiger partial charge in [0.15, 0.2) is 5.84 Å². The number of rotatable bonds is 18. The molecule has 3 nitrogen and oxygen atoms in total. The van der Waals surface area contributed by atoms with Crippen molar-refractivity contribution in [3.8, 4) is 0 Å². The summed E-state index contributed by atoms with van der Waals surface area (Å²) in [5, 5.41) is 9.37. The number of aliphatic hydroxyl groups excluding tert-OH is 1. The third kappa shape index (κ3) is 10.4. The van der Waals surface area contributed by atoms with Gasteiger partial charge in [-0.05, 0) is 33.1 Å². The molecule has 1 N–H and O–H groups in total. The van der Waals surface area contributed by atoms with E-state index in [4.69, 9.17) is 4.99 Å². The summed E-state index contributed by atoms with van der Waals surface area (Å²) in [4.78, 5) is 4.76. The van der Waals surface area contributed by atoms with Crippen LogP contribution in [0.2, 0.25) is 0 Å². The first kappa shape index (κ1) is 24.4. The number of unbranched alkanes of at least 4 members (excludes halogenated alkanes) is 12. The molecule has 1 heterocycles. The quantitative estimate of drug-likeness (QED) is 0.170. The van der Waals surface area contributed by atoms with E-state index in [1.165, 1.54) is 89.3 Å². The average Bonchev–Trinajstić information content (AvgIpc) is 3.08. The summed E-state index contributed by atoms with van der Waals surface area (Å²) in [5.74, 6) is 1.36. The first-order valence-corrected chi connectivity index (χ1v) is 11.9. The molecule has 0 aromatic heterocycles. The number of nitrogens with zero attached hydrogens (tertiary/aromatic N) is 2. The highest BCUT2D eigenvalue weighted by atomic mass is 16.3. The van der Waals surface area contributed by atoms with Crippen molar-refractivity contribution < 1.29 is 9.59 Å². The SMILES string of the molecule is C/C=C/CCCCCCCCCCCCCCC1=NCC[N+]1(CC)CCO. The summed E-state index contributed by atoms with van der Waals surface area (Å²) in [6.45, 7) is 8.62. The molecule has 1 aliphatic rings. The molecule has 158 valence electrons. The van der Waals surface area contributed by atoms with E-state index in [-0.39, 0.29) is 6.61 Å². The molecule has 0 aromatic rings. The van der Waals surface area contributed by atoms with E-state index in [1.807, 2.05) is 0 Å². The van der Waals surface area contributed by atoms with Crippen LogP contribution in [0.15, 0.2) is 17.1 Å². The van der Waals surface area contributed by atoms with Gasteiger partial charge in [-0.25, -0.2) is 4.99 Å². The smallest absolute Gasteiger partial charge is 0.198 e. The topological polar surface area (TPSA) is 32.6 Å². The zero-order chi connectivity index (χ0) is 19.6. The van der Waals surface area contributed by atoms with Crippen LogP contribution in [0, 0.1) is 0 Å². The fourth-order valence-corrected chi connectivity index (χ4v) is 4.38.